The van der Waals surface area contributed by atoms with Crippen LogP contribution in [0, 0.1) is 17.8 Å². The first-order chi connectivity index (χ1) is 28.1. The number of amides is 1. The van der Waals surface area contributed by atoms with E-state index in [2.05, 4.69) is 30.5 Å². The molecule has 316 valence electrons. The van der Waals surface area contributed by atoms with E-state index in [0.29, 0.717) is 61.6 Å². The second-order valence-electron chi connectivity index (χ2n) is 17.2. The second-order valence-corrected chi connectivity index (χ2v) is 17.2. The Morgan fingerprint density at radius 3 is 2.52 bits per heavy atom. The Bertz CT molecular complexity index is 1820. The van der Waals surface area contributed by atoms with Crippen LogP contribution in [0.1, 0.15) is 101 Å². The van der Waals surface area contributed by atoms with Gasteiger partial charge in [-0.1, -0.05) is 37.1 Å². The molecular formula is C46H63N3O9. The standard InChI is InChI=1S/C46H63N3O9/c1-6-18-49(44(52)32-14-16-39-40(27-32)55-30-54-39)41-29-37(47-58-45(3,4)5)35-26-31(12-8-10-22-50)34(13-9-11-23-51)42-36-28-33(53-25-21-48-19-20-48)15-17-38(36)57-46(41,43(35)42)56-24-7-2/h7,14-17,26-28,31,34,41-43,50-51H,2,6,8-13,18-25,29-30H2,1,3-5H3/t31-,34+,41-,42+,43+,46+/m0/s1. The second kappa shape index (κ2) is 18.4. The molecule has 7 rings (SSSR count). The van der Waals surface area contributed by atoms with Gasteiger partial charge in [-0.15, -0.1) is 6.58 Å². The van der Waals surface area contributed by atoms with Crippen molar-refractivity contribution in [3.8, 4) is 23.0 Å². The van der Waals surface area contributed by atoms with Gasteiger partial charge in [0.1, 0.15) is 29.7 Å². The Balaban J connectivity index is 1.42. The number of hydrogen-bond donors (Lipinski definition) is 2. The number of allylic oxidation sites excluding steroid dienone is 1. The Labute approximate surface area is 343 Å². The monoisotopic (exact) mass is 801 g/mol. The van der Waals surface area contributed by atoms with E-state index in [1.54, 1.807) is 24.3 Å². The van der Waals surface area contributed by atoms with Crippen LogP contribution in [0.25, 0.3) is 0 Å². The van der Waals surface area contributed by atoms with Crippen molar-refractivity contribution in [3.05, 3.63) is 71.8 Å². The van der Waals surface area contributed by atoms with Gasteiger partial charge < -0.3 is 43.6 Å². The lowest BCUT2D eigenvalue weighted by molar-refractivity contribution is -0.254. The number of fused-ring (bicyclic) bond motifs is 3. The molecule has 12 heteroatoms. The molecule has 2 aliphatic carbocycles. The molecule has 2 N–H and O–H groups in total. The molecule has 1 saturated carbocycles. The number of carbonyl (C=O) groups excluding carboxylic acids is 1. The highest BCUT2D eigenvalue weighted by atomic mass is 16.7. The van der Waals surface area contributed by atoms with Crippen molar-refractivity contribution in [1.29, 1.82) is 0 Å². The third-order valence-corrected chi connectivity index (χ3v) is 12.0. The van der Waals surface area contributed by atoms with Crippen LogP contribution in [0.4, 0.5) is 0 Å². The first-order valence-electron chi connectivity index (χ1n) is 21.4. The van der Waals surface area contributed by atoms with E-state index in [1.165, 1.54) is 0 Å². The van der Waals surface area contributed by atoms with E-state index in [0.717, 1.165) is 67.9 Å². The fourth-order valence-corrected chi connectivity index (χ4v) is 9.35. The molecule has 58 heavy (non-hydrogen) atoms. The molecule has 1 amide bonds. The molecule has 2 aromatic rings. The topological polar surface area (TPSA) is 132 Å². The maximum atomic E-state index is 15.0. The number of nitrogens with zero attached hydrogens (tertiary/aromatic N) is 3. The van der Waals surface area contributed by atoms with Gasteiger partial charge in [-0.2, -0.15) is 0 Å². The van der Waals surface area contributed by atoms with Crippen LogP contribution in [-0.2, 0) is 9.57 Å². The molecule has 3 aliphatic heterocycles. The fourth-order valence-electron chi connectivity index (χ4n) is 9.35. The highest BCUT2D eigenvalue weighted by molar-refractivity contribution is 6.03. The Morgan fingerprint density at radius 1 is 1.03 bits per heavy atom. The van der Waals surface area contributed by atoms with Gasteiger partial charge in [-0.3, -0.25) is 9.69 Å². The molecule has 5 aliphatic rings. The molecule has 0 unspecified atom stereocenters. The fraction of sp³-hybridized carbons (Fsp3) is 0.609. The van der Waals surface area contributed by atoms with Crippen molar-refractivity contribution in [2.45, 2.75) is 102 Å². The van der Waals surface area contributed by atoms with Crippen molar-refractivity contribution < 1.29 is 43.5 Å². The van der Waals surface area contributed by atoms with Crippen LogP contribution in [0.2, 0.25) is 0 Å². The molecule has 2 aromatic carbocycles. The lowest BCUT2D eigenvalue weighted by atomic mass is 9.55. The van der Waals surface area contributed by atoms with Crippen LogP contribution in [0.15, 0.2) is 65.9 Å². The predicted molar refractivity (Wildman–Crippen MR) is 222 cm³/mol. The van der Waals surface area contributed by atoms with Gasteiger partial charge in [0.05, 0.1) is 18.2 Å². The zero-order chi connectivity index (χ0) is 40.9. The number of unbranched alkanes of at least 4 members (excludes halogenated alkanes) is 2. The van der Waals surface area contributed by atoms with Crippen molar-refractivity contribution in [3.63, 3.8) is 0 Å². The van der Waals surface area contributed by atoms with Gasteiger partial charge in [0.15, 0.2) is 11.5 Å². The quantitative estimate of drug-likeness (QED) is 0.0619. The third kappa shape index (κ3) is 9.05. The molecule has 0 aromatic heterocycles. The average molecular weight is 802 g/mol. The molecule has 0 radical (unpaired) electrons. The lowest BCUT2D eigenvalue weighted by Gasteiger charge is -2.60. The molecule has 0 spiro atoms. The number of hydrogen-bond acceptors (Lipinski definition) is 11. The minimum absolute atomic E-state index is 0.109. The number of benzene rings is 2. The molecule has 2 fully saturated rings. The van der Waals surface area contributed by atoms with Crippen LogP contribution in [0.5, 0.6) is 23.0 Å². The summed E-state index contributed by atoms with van der Waals surface area (Å²) in [7, 11) is 0. The summed E-state index contributed by atoms with van der Waals surface area (Å²) in [6, 6.07) is 10.8. The number of carbonyl (C=O) groups is 1. The highest BCUT2D eigenvalue weighted by Gasteiger charge is 2.65. The van der Waals surface area contributed by atoms with Crippen LogP contribution < -0.4 is 18.9 Å². The van der Waals surface area contributed by atoms with Gasteiger partial charge in [0.2, 0.25) is 12.6 Å². The Morgan fingerprint density at radius 2 is 1.79 bits per heavy atom. The smallest absolute Gasteiger partial charge is 0.254 e. The maximum Gasteiger partial charge on any atom is 0.254 e. The van der Waals surface area contributed by atoms with E-state index in [4.69, 9.17) is 33.7 Å². The number of aliphatic hydroxyl groups excluding tert-OH is 2. The first kappa shape index (κ1) is 42.0. The maximum absolute atomic E-state index is 15.0. The molecule has 12 nitrogen and oxygen atoms in total. The zero-order valence-electron chi connectivity index (χ0n) is 34.8. The number of ether oxygens (including phenoxy) is 5. The van der Waals surface area contributed by atoms with Crippen LogP contribution >= 0.6 is 0 Å². The minimum Gasteiger partial charge on any atom is -0.492 e. The summed E-state index contributed by atoms with van der Waals surface area (Å²) < 4.78 is 32.2. The molecular weight excluding hydrogens is 739 g/mol. The normalized spacial score (nSPS) is 26.3. The summed E-state index contributed by atoms with van der Waals surface area (Å²) in [5.41, 5.74) is 2.73. The van der Waals surface area contributed by atoms with E-state index >= 15 is 4.79 Å². The van der Waals surface area contributed by atoms with Crippen molar-refractivity contribution in [2.24, 2.45) is 22.9 Å². The lowest BCUT2D eigenvalue weighted by Crippen LogP contribution is -2.70. The Hall–Kier alpha value is -4.10. The van der Waals surface area contributed by atoms with Crippen molar-refractivity contribution >= 4 is 11.6 Å². The van der Waals surface area contributed by atoms with Gasteiger partial charge in [0, 0.05) is 62.9 Å². The number of aliphatic hydroxyl groups is 2. The van der Waals surface area contributed by atoms with Gasteiger partial charge in [0.25, 0.3) is 5.91 Å². The summed E-state index contributed by atoms with van der Waals surface area (Å²) in [6.07, 6.45) is 9.97. The van der Waals surface area contributed by atoms with Crippen molar-refractivity contribution in [1.82, 2.24) is 9.80 Å². The van der Waals surface area contributed by atoms with Crippen LogP contribution in [-0.4, -0.2) is 108 Å². The molecule has 1 saturated heterocycles. The summed E-state index contributed by atoms with van der Waals surface area (Å²) in [5, 5.41) is 24.8. The van der Waals surface area contributed by atoms with Gasteiger partial charge >= 0.3 is 0 Å². The van der Waals surface area contributed by atoms with E-state index in [-0.39, 0.29) is 50.3 Å². The summed E-state index contributed by atoms with van der Waals surface area (Å²) in [6.45, 7) is 16.7. The van der Waals surface area contributed by atoms with E-state index in [9.17, 15) is 10.2 Å². The molecule has 3 heterocycles. The SMILES string of the molecule is C=CCO[C@@]12Oc3ccc(OCCN4CC4)cc3[C@H]3[C@H](CCCCO)[C@@H](CCCCO)C=C(C(=NOC(C)(C)C)C[C@@H]1N(CCC)C(=O)c1ccc4c(c1)OCO4)[C@H]32. The van der Waals surface area contributed by atoms with E-state index in [1.807, 2.05) is 37.8 Å². The van der Waals surface area contributed by atoms with Crippen LogP contribution in [0.3, 0.4) is 0 Å². The first-order valence-corrected chi connectivity index (χ1v) is 21.4. The summed E-state index contributed by atoms with van der Waals surface area (Å²) in [4.78, 5) is 25.5. The third-order valence-electron chi connectivity index (χ3n) is 12.0. The van der Waals surface area contributed by atoms with Gasteiger partial charge in [-0.05, 0) is 107 Å². The number of oxime groups is 1. The van der Waals surface area contributed by atoms with Crippen molar-refractivity contribution in [2.75, 3.05) is 59.4 Å². The highest BCUT2D eigenvalue weighted by Crippen LogP contribution is 2.62. The predicted octanol–water partition coefficient (Wildman–Crippen LogP) is 7.09. The van der Waals surface area contributed by atoms with Gasteiger partial charge in [-0.25, -0.2) is 0 Å². The minimum atomic E-state index is -1.34. The Kier molecular flexibility index (Phi) is 13.4. The largest absolute Gasteiger partial charge is 0.492 e. The number of rotatable bonds is 20. The van der Waals surface area contributed by atoms with E-state index < -0.39 is 23.3 Å². The average Bonchev–Trinajstić information content (AvgIpc) is 3.92. The molecule has 6 atom stereocenters. The summed E-state index contributed by atoms with van der Waals surface area (Å²) >= 11 is 0. The zero-order valence-corrected chi connectivity index (χ0v) is 34.8. The molecule has 0 bridgehead atoms. The summed E-state index contributed by atoms with van der Waals surface area (Å²) in [5.74, 6) is 0.847.